The van der Waals surface area contributed by atoms with Gasteiger partial charge in [0, 0.05) is 25.3 Å². The van der Waals surface area contributed by atoms with Gasteiger partial charge >= 0.3 is 0 Å². The third-order valence-electron chi connectivity index (χ3n) is 2.61. The number of carbonyl (C=O) groups is 1. The molecule has 0 radical (unpaired) electrons. The summed E-state index contributed by atoms with van der Waals surface area (Å²) in [4.78, 5) is 21.8. The molecule has 0 spiro atoms. The van der Waals surface area contributed by atoms with Gasteiger partial charge in [0.05, 0.1) is 15.5 Å². The Kier molecular flexibility index (Phi) is 5.91. The van der Waals surface area contributed by atoms with Crippen molar-refractivity contribution in [2.45, 2.75) is 25.9 Å². The number of nitrogens with zero attached hydrogens (tertiary/aromatic N) is 1. The lowest BCUT2D eigenvalue weighted by Gasteiger charge is -2.09. The fourth-order valence-electron chi connectivity index (χ4n) is 1.41. The number of rotatable bonds is 6. The molecule has 1 amide bonds. The van der Waals surface area contributed by atoms with Crippen molar-refractivity contribution in [3.05, 3.63) is 32.8 Å². The standard InChI is InChI=1S/C12H15BrN2O4/c1-8(19-2)3-6-12(16)14-9-4-5-11(15(17)18)10(13)7-9/h4-5,7-8H,3,6H2,1-2H3,(H,14,16)/t8-/m0/s1. The van der Waals surface area contributed by atoms with Crippen molar-refractivity contribution in [1.82, 2.24) is 0 Å². The highest BCUT2D eigenvalue weighted by Gasteiger charge is 2.13. The highest BCUT2D eigenvalue weighted by atomic mass is 79.9. The van der Waals surface area contributed by atoms with Gasteiger partial charge in [0.2, 0.25) is 5.91 Å². The van der Waals surface area contributed by atoms with Crippen molar-refractivity contribution in [3.63, 3.8) is 0 Å². The molecule has 1 atom stereocenters. The zero-order valence-corrected chi connectivity index (χ0v) is 12.3. The Morgan fingerprint density at radius 1 is 1.58 bits per heavy atom. The molecule has 0 saturated heterocycles. The number of hydrogen-bond donors (Lipinski definition) is 1. The molecule has 0 aliphatic heterocycles. The molecule has 104 valence electrons. The third kappa shape index (κ3) is 4.96. The van der Waals surface area contributed by atoms with E-state index in [-0.39, 0.29) is 17.7 Å². The summed E-state index contributed by atoms with van der Waals surface area (Å²) in [6.07, 6.45) is 0.981. The normalized spacial score (nSPS) is 11.9. The Bertz CT molecular complexity index is 479. The summed E-state index contributed by atoms with van der Waals surface area (Å²) >= 11 is 3.10. The number of methoxy groups -OCH3 is 1. The van der Waals surface area contributed by atoms with Gasteiger partial charge in [-0.25, -0.2) is 0 Å². The zero-order valence-electron chi connectivity index (χ0n) is 10.7. The van der Waals surface area contributed by atoms with E-state index in [0.29, 0.717) is 23.0 Å². The van der Waals surface area contributed by atoms with Gasteiger partial charge in [-0.1, -0.05) is 0 Å². The summed E-state index contributed by atoms with van der Waals surface area (Å²) in [5, 5.41) is 13.3. The van der Waals surface area contributed by atoms with Crippen LogP contribution in [0.3, 0.4) is 0 Å². The van der Waals surface area contributed by atoms with Crippen LogP contribution in [0.1, 0.15) is 19.8 Å². The number of ether oxygens (including phenoxy) is 1. The first-order valence-corrected chi connectivity index (χ1v) is 6.50. The van der Waals surface area contributed by atoms with E-state index in [4.69, 9.17) is 4.74 Å². The number of amides is 1. The molecule has 0 aliphatic rings. The summed E-state index contributed by atoms with van der Waals surface area (Å²) < 4.78 is 5.38. The fourth-order valence-corrected chi connectivity index (χ4v) is 1.93. The summed E-state index contributed by atoms with van der Waals surface area (Å²) in [6, 6.07) is 4.35. The molecule has 0 fully saturated rings. The minimum Gasteiger partial charge on any atom is -0.382 e. The highest BCUT2D eigenvalue weighted by Crippen LogP contribution is 2.27. The molecule has 0 heterocycles. The van der Waals surface area contributed by atoms with Crippen LogP contribution in [0.25, 0.3) is 0 Å². The number of anilines is 1. The number of carbonyl (C=O) groups excluding carboxylic acids is 1. The maximum atomic E-state index is 11.6. The van der Waals surface area contributed by atoms with Gasteiger partial charge in [-0.15, -0.1) is 0 Å². The van der Waals surface area contributed by atoms with Crippen LogP contribution < -0.4 is 5.32 Å². The second kappa shape index (κ2) is 7.20. The Hall–Kier alpha value is -1.47. The second-order valence-corrected chi connectivity index (χ2v) is 4.91. The maximum absolute atomic E-state index is 11.6. The molecule has 1 aromatic carbocycles. The van der Waals surface area contributed by atoms with Gasteiger partial charge in [0.25, 0.3) is 5.69 Å². The second-order valence-electron chi connectivity index (χ2n) is 4.06. The smallest absolute Gasteiger partial charge is 0.283 e. The molecule has 1 rings (SSSR count). The molecule has 19 heavy (non-hydrogen) atoms. The van der Waals surface area contributed by atoms with Gasteiger partial charge in [0.15, 0.2) is 0 Å². The SMILES string of the molecule is CO[C@@H](C)CCC(=O)Nc1ccc([N+](=O)[O-])c(Br)c1. The van der Waals surface area contributed by atoms with Crippen LogP contribution in [0, 0.1) is 10.1 Å². The van der Waals surface area contributed by atoms with Crippen LogP contribution in [0.2, 0.25) is 0 Å². The average molecular weight is 331 g/mol. The number of halogens is 1. The highest BCUT2D eigenvalue weighted by molar-refractivity contribution is 9.10. The van der Waals surface area contributed by atoms with Crippen molar-refractivity contribution >= 4 is 33.2 Å². The van der Waals surface area contributed by atoms with Crippen LogP contribution in [0.15, 0.2) is 22.7 Å². The predicted octanol–water partition coefficient (Wildman–Crippen LogP) is 3.11. The first-order chi connectivity index (χ1) is 8.93. The van der Waals surface area contributed by atoms with E-state index in [2.05, 4.69) is 21.2 Å². The van der Waals surface area contributed by atoms with E-state index in [1.165, 1.54) is 18.2 Å². The first-order valence-electron chi connectivity index (χ1n) is 5.70. The maximum Gasteiger partial charge on any atom is 0.283 e. The lowest BCUT2D eigenvalue weighted by Crippen LogP contribution is -2.15. The largest absolute Gasteiger partial charge is 0.382 e. The number of nitro groups is 1. The quantitative estimate of drug-likeness (QED) is 0.641. The van der Waals surface area contributed by atoms with Crippen LogP contribution in [-0.2, 0) is 9.53 Å². The van der Waals surface area contributed by atoms with Crippen molar-refractivity contribution in [1.29, 1.82) is 0 Å². The number of benzene rings is 1. The Balaban J connectivity index is 2.60. The van der Waals surface area contributed by atoms with Crippen molar-refractivity contribution < 1.29 is 14.5 Å². The molecule has 0 aliphatic carbocycles. The molecule has 1 aromatic rings. The van der Waals surface area contributed by atoms with E-state index < -0.39 is 4.92 Å². The van der Waals surface area contributed by atoms with Crippen LogP contribution in [-0.4, -0.2) is 24.0 Å². The lowest BCUT2D eigenvalue weighted by atomic mass is 10.2. The van der Waals surface area contributed by atoms with E-state index in [1.807, 2.05) is 6.92 Å². The van der Waals surface area contributed by atoms with E-state index in [9.17, 15) is 14.9 Å². The molecule has 7 heteroatoms. The molecule has 0 aromatic heterocycles. The van der Waals surface area contributed by atoms with Crippen molar-refractivity contribution in [2.75, 3.05) is 12.4 Å². The minimum atomic E-state index is -0.490. The van der Waals surface area contributed by atoms with Crippen molar-refractivity contribution in [2.24, 2.45) is 0 Å². The molecular formula is C12H15BrN2O4. The van der Waals surface area contributed by atoms with Crippen LogP contribution >= 0.6 is 15.9 Å². The Labute approximate surface area is 119 Å². The topological polar surface area (TPSA) is 81.5 Å². The van der Waals surface area contributed by atoms with Crippen LogP contribution in [0.5, 0.6) is 0 Å². The summed E-state index contributed by atoms with van der Waals surface area (Å²) in [7, 11) is 1.59. The first kappa shape index (κ1) is 15.6. The average Bonchev–Trinajstić information content (AvgIpc) is 2.35. The number of nitro benzene ring substituents is 1. The predicted molar refractivity (Wildman–Crippen MR) is 75.1 cm³/mol. The zero-order chi connectivity index (χ0) is 14.4. The van der Waals surface area contributed by atoms with E-state index in [1.54, 1.807) is 7.11 Å². The minimum absolute atomic E-state index is 0.0225. The number of nitrogens with one attached hydrogen (secondary N) is 1. The van der Waals surface area contributed by atoms with Gasteiger partial charge < -0.3 is 10.1 Å². The van der Waals surface area contributed by atoms with E-state index >= 15 is 0 Å². The molecule has 0 saturated carbocycles. The summed E-state index contributed by atoms with van der Waals surface area (Å²) in [6.45, 7) is 1.88. The van der Waals surface area contributed by atoms with Crippen molar-refractivity contribution in [3.8, 4) is 0 Å². The fraction of sp³-hybridized carbons (Fsp3) is 0.417. The monoisotopic (exact) mass is 330 g/mol. The molecule has 0 bridgehead atoms. The Morgan fingerprint density at radius 2 is 2.26 bits per heavy atom. The summed E-state index contributed by atoms with van der Waals surface area (Å²) in [5.41, 5.74) is 0.485. The van der Waals surface area contributed by atoms with Gasteiger partial charge in [-0.05, 0) is 41.4 Å². The van der Waals surface area contributed by atoms with Gasteiger partial charge in [-0.2, -0.15) is 0 Å². The third-order valence-corrected chi connectivity index (χ3v) is 3.24. The van der Waals surface area contributed by atoms with Crippen LogP contribution in [0.4, 0.5) is 11.4 Å². The Morgan fingerprint density at radius 3 is 2.79 bits per heavy atom. The lowest BCUT2D eigenvalue weighted by molar-refractivity contribution is -0.385. The molecular weight excluding hydrogens is 316 g/mol. The van der Waals surface area contributed by atoms with E-state index in [0.717, 1.165) is 0 Å². The number of hydrogen-bond acceptors (Lipinski definition) is 4. The van der Waals surface area contributed by atoms with Gasteiger partial charge in [-0.3, -0.25) is 14.9 Å². The molecule has 0 unspecified atom stereocenters. The molecule has 1 N–H and O–H groups in total. The summed E-state index contributed by atoms with van der Waals surface area (Å²) in [5.74, 6) is -0.148. The molecule has 6 nitrogen and oxygen atoms in total. The van der Waals surface area contributed by atoms with Gasteiger partial charge in [0.1, 0.15) is 0 Å².